The van der Waals surface area contributed by atoms with Gasteiger partial charge in [-0.25, -0.2) is 0 Å². The van der Waals surface area contributed by atoms with Gasteiger partial charge in [-0.15, -0.1) is 0 Å². The number of hydrogen-bond donors (Lipinski definition) is 0. The third-order valence-electron chi connectivity index (χ3n) is 2.98. The molecule has 2 fully saturated rings. The number of fused-ring (bicyclic) bond motifs is 1. The minimum Gasteiger partial charge on any atom is -0.462 e. The van der Waals surface area contributed by atoms with Crippen LogP contribution in [0.5, 0.6) is 0 Å². The van der Waals surface area contributed by atoms with Crippen molar-refractivity contribution in [1.82, 2.24) is 0 Å². The van der Waals surface area contributed by atoms with E-state index < -0.39 is 42.1 Å². The van der Waals surface area contributed by atoms with Gasteiger partial charge in [0.15, 0.2) is 17.9 Å². The first-order valence-corrected chi connectivity index (χ1v) is 6.08. The Kier molecular flexibility index (Phi) is 3.85. The number of carbonyl (C=O) groups is 2. The maximum Gasteiger partial charge on any atom is 0.318 e. The molecule has 0 aromatic heterocycles. The molecule has 0 saturated carbocycles. The highest BCUT2D eigenvalue weighted by molar-refractivity contribution is 5.78. The molecule has 9 nitrogen and oxygen atoms in total. The van der Waals surface area contributed by atoms with Crippen molar-refractivity contribution in [2.24, 2.45) is 5.11 Å². The van der Waals surface area contributed by atoms with Crippen molar-refractivity contribution in [3.63, 3.8) is 0 Å². The summed E-state index contributed by atoms with van der Waals surface area (Å²) in [6, 6.07) is -1.11. The van der Waals surface area contributed by atoms with Crippen LogP contribution in [0.2, 0.25) is 0 Å². The fraction of sp³-hybridized carbons (Fsp3) is 0.818. The first-order valence-electron chi connectivity index (χ1n) is 6.08. The molecule has 0 amide bonds. The van der Waals surface area contributed by atoms with E-state index in [-0.39, 0.29) is 6.61 Å². The van der Waals surface area contributed by atoms with E-state index in [1.165, 1.54) is 6.92 Å². The van der Waals surface area contributed by atoms with Crippen LogP contribution in [0.3, 0.4) is 0 Å². The van der Waals surface area contributed by atoms with Crippen LogP contribution < -0.4 is 0 Å². The highest BCUT2D eigenvalue weighted by Crippen LogP contribution is 2.37. The zero-order valence-electron chi connectivity index (χ0n) is 11.3. The van der Waals surface area contributed by atoms with E-state index in [4.69, 9.17) is 24.5 Å². The molecule has 2 rings (SSSR count). The summed E-state index contributed by atoms with van der Waals surface area (Å²) in [5, 5.41) is 3.40. The number of azide groups is 1. The molecule has 0 radical (unpaired) electrons. The number of ether oxygens (including phenoxy) is 4. The average molecular weight is 285 g/mol. The second-order valence-electron chi connectivity index (χ2n) is 4.99. The van der Waals surface area contributed by atoms with E-state index in [2.05, 4.69) is 10.0 Å². The van der Waals surface area contributed by atoms with Crippen LogP contribution in [0.1, 0.15) is 20.8 Å². The van der Waals surface area contributed by atoms with Crippen molar-refractivity contribution in [1.29, 1.82) is 0 Å². The molecule has 9 heteroatoms. The highest BCUT2D eigenvalue weighted by atomic mass is 16.8. The molecule has 0 spiro atoms. The van der Waals surface area contributed by atoms with Gasteiger partial charge >= 0.3 is 11.9 Å². The Balaban J connectivity index is 2.20. The Morgan fingerprint density at radius 1 is 1.45 bits per heavy atom. The lowest BCUT2D eigenvalue weighted by atomic mass is 9.98. The van der Waals surface area contributed by atoms with Crippen LogP contribution in [0.4, 0.5) is 0 Å². The Morgan fingerprint density at radius 2 is 2.10 bits per heavy atom. The predicted octanol–water partition coefficient (Wildman–Crippen LogP) is 0.674. The van der Waals surface area contributed by atoms with Crippen molar-refractivity contribution in [2.45, 2.75) is 50.9 Å². The molecular formula is C11H15N3O6. The van der Waals surface area contributed by atoms with E-state index >= 15 is 0 Å². The van der Waals surface area contributed by atoms with E-state index in [1.807, 2.05) is 0 Å². The SMILES string of the molecule is CC(=O)OCC1OC(=O)C(N=[N+]=[N-])C2OC(C)(C)O[C@@H]12. The first kappa shape index (κ1) is 14.6. The summed E-state index contributed by atoms with van der Waals surface area (Å²) in [4.78, 5) is 25.3. The minimum absolute atomic E-state index is 0.134. The van der Waals surface area contributed by atoms with Crippen LogP contribution in [-0.4, -0.2) is 48.7 Å². The Hall–Kier alpha value is -1.83. The molecule has 3 unspecified atom stereocenters. The van der Waals surface area contributed by atoms with Gasteiger partial charge in [-0.05, 0) is 19.4 Å². The monoisotopic (exact) mass is 285 g/mol. The van der Waals surface area contributed by atoms with Crippen molar-refractivity contribution in [2.75, 3.05) is 6.61 Å². The zero-order valence-corrected chi connectivity index (χ0v) is 11.3. The molecule has 0 aromatic rings. The highest BCUT2D eigenvalue weighted by Gasteiger charge is 2.55. The van der Waals surface area contributed by atoms with Crippen LogP contribution in [0.25, 0.3) is 10.4 Å². The third-order valence-corrected chi connectivity index (χ3v) is 2.98. The molecule has 2 aliphatic rings. The van der Waals surface area contributed by atoms with Gasteiger partial charge in [0.2, 0.25) is 0 Å². The predicted molar refractivity (Wildman–Crippen MR) is 63.3 cm³/mol. The normalized spacial score (nSPS) is 34.6. The van der Waals surface area contributed by atoms with Gasteiger partial charge in [-0.3, -0.25) is 9.59 Å². The number of cyclic esters (lactones) is 1. The maximum atomic E-state index is 11.8. The summed E-state index contributed by atoms with van der Waals surface area (Å²) in [5.41, 5.74) is 8.51. The van der Waals surface area contributed by atoms with E-state index in [0.717, 1.165) is 0 Å². The van der Waals surface area contributed by atoms with Gasteiger partial charge in [-0.1, -0.05) is 5.11 Å². The summed E-state index contributed by atoms with van der Waals surface area (Å²) in [7, 11) is 0. The summed E-state index contributed by atoms with van der Waals surface area (Å²) in [5.74, 6) is -2.16. The second kappa shape index (κ2) is 5.28. The molecule has 0 aliphatic carbocycles. The fourth-order valence-corrected chi connectivity index (χ4v) is 2.27. The maximum absolute atomic E-state index is 11.8. The lowest BCUT2D eigenvalue weighted by molar-refractivity contribution is -0.181. The number of hydrogen-bond acceptors (Lipinski definition) is 7. The zero-order chi connectivity index (χ0) is 14.9. The molecular weight excluding hydrogens is 270 g/mol. The molecule has 4 atom stereocenters. The summed E-state index contributed by atoms with van der Waals surface area (Å²) in [6.45, 7) is 4.46. The summed E-state index contributed by atoms with van der Waals surface area (Å²) in [6.07, 6.45) is -2.21. The minimum atomic E-state index is -1.11. The quantitative estimate of drug-likeness (QED) is 0.325. The van der Waals surface area contributed by atoms with Gasteiger partial charge < -0.3 is 18.9 Å². The van der Waals surface area contributed by atoms with Crippen LogP contribution in [0.15, 0.2) is 5.11 Å². The fourth-order valence-electron chi connectivity index (χ4n) is 2.27. The number of nitrogens with zero attached hydrogens (tertiary/aromatic N) is 3. The number of carbonyl (C=O) groups excluding carboxylic acids is 2. The van der Waals surface area contributed by atoms with Gasteiger partial charge in [0.25, 0.3) is 0 Å². The third kappa shape index (κ3) is 2.84. The van der Waals surface area contributed by atoms with Gasteiger partial charge in [0.1, 0.15) is 18.8 Å². The molecule has 0 N–H and O–H groups in total. The summed E-state index contributed by atoms with van der Waals surface area (Å²) >= 11 is 0. The molecule has 2 heterocycles. The Bertz CT molecular complexity index is 473. The van der Waals surface area contributed by atoms with Crippen molar-refractivity contribution in [3.05, 3.63) is 10.4 Å². The van der Waals surface area contributed by atoms with Crippen LogP contribution in [0, 0.1) is 0 Å². The standard InChI is InChI=1S/C11H15N3O6/c1-5(15)17-4-6-8-9(20-11(2,3)19-8)7(13-14-12)10(16)18-6/h6-9H,4H2,1-3H3/t6?,7?,8-,9?/m0/s1. The smallest absolute Gasteiger partial charge is 0.318 e. The lowest BCUT2D eigenvalue weighted by Gasteiger charge is -2.33. The first-order chi connectivity index (χ1) is 9.34. The van der Waals surface area contributed by atoms with E-state index in [0.29, 0.717) is 0 Å². The largest absolute Gasteiger partial charge is 0.462 e. The molecule has 0 bridgehead atoms. The molecule has 2 aliphatic heterocycles. The van der Waals surface area contributed by atoms with Crippen LogP contribution >= 0.6 is 0 Å². The van der Waals surface area contributed by atoms with Crippen LogP contribution in [-0.2, 0) is 28.5 Å². The topological polar surface area (TPSA) is 120 Å². The van der Waals surface area contributed by atoms with Crippen molar-refractivity contribution >= 4 is 11.9 Å². The Labute approximate surface area is 114 Å². The molecule has 20 heavy (non-hydrogen) atoms. The van der Waals surface area contributed by atoms with Crippen molar-refractivity contribution in [3.8, 4) is 0 Å². The number of rotatable bonds is 3. The van der Waals surface area contributed by atoms with E-state index in [1.54, 1.807) is 13.8 Å². The Morgan fingerprint density at radius 3 is 2.70 bits per heavy atom. The second-order valence-corrected chi connectivity index (χ2v) is 4.99. The lowest BCUT2D eigenvalue weighted by Crippen LogP contribution is -2.54. The summed E-state index contributed by atoms with van der Waals surface area (Å²) < 4.78 is 21.2. The van der Waals surface area contributed by atoms with Gasteiger partial charge in [0.05, 0.1) is 0 Å². The number of esters is 2. The average Bonchev–Trinajstić information content (AvgIpc) is 2.66. The van der Waals surface area contributed by atoms with Gasteiger partial charge in [0, 0.05) is 11.8 Å². The van der Waals surface area contributed by atoms with Crippen molar-refractivity contribution < 1.29 is 28.5 Å². The molecule has 110 valence electrons. The van der Waals surface area contributed by atoms with E-state index in [9.17, 15) is 9.59 Å². The molecule has 0 aromatic carbocycles. The molecule has 2 saturated heterocycles. The van der Waals surface area contributed by atoms with Gasteiger partial charge in [-0.2, -0.15) is 0 Å².